The molecular formula is C19H20N6O2S. The van der Waals surface area contributed by atoms with Gasteiger partial charge in [-0.1, -0.05) is 49.0 Å². The lowest BCUT2D eigenvalue weighted by Crippen LogP contribution is -2.15. The van der Waals surface area contributed by atoms with E-state index in [-0.39, 0.29) is 17.6 Å². The van der Waals surface area contributed by atoms with Crippen LogP contribution in [0.15, 0.2) is 59.8 Å². The van der Waals surface area contributed by atoms with Crippen molar-refractivity contribution in [3.63, 3.8) is 0 Å². The summed E-state index contributed by atoms with van der Waals surface area (Å²) < 4.78 is 1.67. The monoisotopic (exact) mass is 396 g/mol. The van der Waals surface area contributed by atoms with Crippen LogP contribution in [0, 0.1) is 0 Å². The van der Waals surface area contributed by atoms with Crippen LogP contribution < -0.4 is 10.6 Å². The molecule has 2 aromatic carbocycles. The van der Waals surface area contributed by atoms with Crippen molar-refractivity contribution in [2.24, 2.45) is 0 Å². The number of benzene rings is 2. The van der Waals surface area contributed by atoms with Gasteiger partial charge in [-0.25, -0.2) is 4.68 Å². The molecule has 0 bridgehead atoms. The van der Waals surface area contributed by atoms with E-state index in [1.807, 2.05) is 30.3 Å². The molecule has 2 amide bonds. The van der Waals surface area contributed by atoms with Crippen molar-refractivity contribution < 1.29 is 9.59 Å². The summed E-state index contributed by atoms with van der Waals surface area (Å²) in [5.41, 5.74) is 2.43. The highest BCUT2D eigenvalue weighted by molar-refractivity contribution is 7.99. The Balaban J connectivity index is 1.51. The van der Waals surface area contributed by atoms with Gasteiger partial charge >= 0.3 is 0 Å². The number of tetrazole rings is 1. The van der Waals surface area contributed by atoms with E-state index in [0.29, 0.717) is 29.5 Å². The molecule has 144 valence electrons. The molecule has 0 radical (unpaired) electrons. The number of rotatable bonds is 8. The Morgan fingerprint density at radius 3 is 2.25 bits per heavy atom. The molecule has 0 saturated heterocycles. The highest BCUT2D eigenvalue weighted by atomic mass is 32.2. The third-order valence-corrected chi connectivity index (χ3v) is 4.74. The van der Waals surface area contributed by atoms with Crippen LogP contribution in [0.5, 0.6) is 0 Å². The molecular weight excluding hydrogens is 376 g/mol. The zero-order chi connectivity index (χ0) is 19.8. The van der Waals surface area contributed by atoms with Crippen molar-refractivity contribution in [2.45, 2.75) is 25.0 Å². The standard InChI is InChI=1S/C19H20N6O2S/c1-2-17(26)20-15-8-10-16(11-9-15)21-18(27)13-28-19-22-23-24-25(19)12-14-6-4-3-5-7-14/h3-11H,2,12-13H2,1H3,(H,20,26)(H,21,27). The van der Waals surface area contributed by atoms with Crippen molar-refractivity contribution in [1.82, 2.24) is 20.2 Å². The van der Waals surface area contributed by atoms with E-state index in [4.69, 9.17) is 0 Å². The Bertz CT molecular complexity index is 927. The summed E-state index contributed by atoms with van der Waals surface area (Å²) in [6.07, 6.45) is 0.416. The number of carbonyl (C=O) groups excluding carboxylic acids is 2. The van der Waals surface area contributed by atoms with Crippen molar-refractivity contribution in [3.8, 4) is 0 Å². The Morgan fingerprint density at radius 2 is 1.61 bits per heavy atom. The van der Waals surface area contributed by atoms with E-state index in [2.05, 4.69) is 26.2 Å². The summed E-state index contributed by atoms with van der Waals surface area (Å²) in [7, 11) is 0. The number of nitrogens with zero attached hydrogens (tertiary/aromatic N) is 4. The van der Waals surface area contributed by atoms with E-state index < -0.39 is 0 Å². The third kappa shape index (κ3) is 5.65. The molecule has 28 heavy (non-hydrogen) atoms. The Hall–Kier alpha value is -3.20. The van der Waals surface area contributed by atoms with Gasteiger partial charge < -0.3 is 10.6 Å². The molecule has 0 aliphatic carbocycles. The number of hydrogen-bond donors (Lipinski definition) is 2. The zero-order valence-electron chi connectivity index (χ0n) is 15.3. The van der Waals surface area contributed by atoms with Crippen LogP contribution in [0.25, 0.3) is 0 Å². The number of anilines is 2. The Labute approximate surface area is 166 Å². The molecule has 0 atom stereocenters. The molecule has 2 N–H and O–H groups in total. The van der Waals surface area contributed by atoms with E-state index in [1.54, 1.807) is 35.9 Å². The van der Waals surface area contributed by atoms with Crippen molar-refractivity contribution in [3.05, 3.63) is 60.2 Å². The van der Waals surface area contributed by atoms with E-state index in [1.165, 1.54) is 11.8 Å². The SMILES string of the molecule is CCC(=O)Nc1ccc(NC(=O)CSc2nnnn2Cc2ccccc2)cc1. The van der Waals surface area contributed by atoms with Gasteiger partial charge in [0.25, 0.3) is 0 Å². The van der Waals surface area contributed by atoms with Crippen LogP contribution in [0.2, 0.25) is 0 Å². The predicted molar refractivity (Wildman–Crippen MR) is 108 cm³/mol. The summed E-state index contributed by atoms with van der Waals surface area (Å²) in [4.78, 5) is 23.6. The molecule has 9 heteroatoms. The Kier molecular flexibility index (Phi) is 6.74. The van der Waals surface area contributed by atoms with Crippen LogP contribution in [-0.2, 0) is 16.1 Å². The first-order chi connectivity index (χ1) is 13.6. The first kappa shape index (κ1) is 19.6. The molecule has 3 aromatic rings. The molecule has 8 nitrogen and oxygen atoms in total. The molecule has 0 fully saturated rings. The lowest BCUT2D eigenvalue weighted by atomic mass is 10.2. The maximum absolute atomic E-state index is 12.2. The molecule has 0 saturated carbocycles. The van der Waals surface area contributed by atoms with Gasteiger partial charge in [0.1, 0.15) is 0 Å². The van der Waals surface area contributed by atoms with Gasteiger partial charge in [-0.2, -0.15) is 0 Å². The smallest absolute Gasteiger partial charge is 0.234 e. The van der Waals surface area contributed by atoms with Gasteiger partial charge in [-0.3, -0.25) is 9.59 Å². The first-order valence-electron chi connectivity index (χ1n) is 8.76. The van der Waals surface area contributed by atoms with Gasteiger partial charge in [0.2, 0.25) is 17.0 Å². The quantitative estimate of drug-likeness (QED) is 0.568. The summed E-state index contributed by atoms with van der Waals surface area (Å²) in [6.45, 7) is 2.33. The lowest BCUT2D eigenvalue weighted by Gasteiger charge is -2.07. The second kappa shape index (κ2) is 9.65. The minimum absolute atomic E-state index is 0.0543. The van der Waals surface area contributed by atoms with Crippen LogP contribution in [0.3, 0.4) is 0 Å². The van der Waals surface area contributed by atoms with Crippen LogP contribution >= 0.6 is 11.8 Å². The fourth-order valence-corrected chi connectivity index (χ4v) is 3.05. The van der Waals surface area contributed by atoms with E-state index in [0.717, 1.165) is 5.56 Å². The number of amides is 2. The minimum Gasteiger partial charge on any atom is -0.326 e. The third-order valence-electron chi connectivity index (χ3n) is 3.78. The summed E-state index contributed by atoms with van der Waals surface area (Å²) >= 11 is 1.27. The highest BCUT2D eigenvalue weighted by Crippen LogP contribution is 2.17. The topological polar surface area (TPSA) is 102 Å². The van der Waals surface area contributed by atoms with Gasteiger partial charge in [-0.15, -0.1) is 5.10 Å². The molecule has 0 aliphatic heterocycles. The predicted octanol–water partition coefficient (Wildman–Crippen LogP) is 2.80. The number of carbonyl (C=O) groups is 2. The Morgan fingerprint density at radius 1 is 0.964 bits per heavy atom. The van der Waals surface area contributed by atoms with Crippen LogP contribution in [-0.4, -0.2) is 37.8 Å². The van der Waals surface area contributed by atoms with Gasteiger partial charge in [-0.05, 0) is 40.3 Å². The van der Waals surface area contributed by atoms with Gasteiger partial charge in [0.05, 0.1) is 12.3 Å². The number of nitrogens with one attached hydrogen (secondary N) is 2. The summed E-state index contributed by atoms with van der Waals surface area (Å²) in [5.74, 6) is -0.0326. The fraction of sp³-hybridized carbons (Fsp3) is 0.211. The van der Waals surface area contributed by atoms with E-state index >= 15 is 0 Å². The van der Waals surface area contributed by atoms with Crippen LogP contribution in [0.4, 0.5) is 11.4 Å². The van der Waals surface area contributed by atoms with Gasteiger partial charge in [0.15, 0.2) is 0 Å². The average Bonchev–Trinajstić information content (AvgIpc) is 3.15. The number of hydrogen-bond acceptors (Lipinski definition) is 6. The van der Waals surface area contributed by atoms with Crippen molar-refractivity contribution in [1.29, 1.82) is 0 Å². The maximum atomic E-state index is 12.2. The summed E-state index contributed by atoms with van der Waals surface area (Å²) in [6, 6.07) is 16.8. The van der Waals surface area contributed by atoms with Crippen LogP contribution in [0.1, 0.15) is 18.9 Å². The van der Waals surface area contributed by atoms with Crippen molar-refractivity contribution in [2.75, 3.05) is 16.4 Å². The zero-order valence-corrected chi connectivity index (χ0v) is 16.1. The molecule has 0 unspecified atom stereocenters. The largest absolute Gasteiger partial charge is 0.326 e. The number of thioether (sulfide) groups is 1. The minimum atomic E-state index is -0.162. The second-order valence-corrected chi connectivity index (χ2v) is 6.86. The highest BCUT2D eigenvalue weighted by Gasteiger charge is 2.11. The van der Waals surface area contributed by atoms with E-state index in [9.17, 15) is 9.59 Å². The molecule has 0 spiro atoms. The first-order valence-corrected chi connectivity index (χ1v) is 9.75. The lowest BCUT2D eigenvalue weighted by molar-refractivity contribution is -0.116. The molecule has 1 heterocycles. The molecule has 0 aliphatic rings. The fourth-order valence-electron chi connectivity index (χ4n) is 2.37. The number of aromatic nitrogens is 4. The van der Waals surface area contributed by atoms with Crippen molar-refractivity contribution >= 4 is 35.0 Å². The second-order valence-electron chi connectivity index (χ2n) is 5.92. The average molecular weight is 396 g/mol. The van der Waals surface area contributed by atoms with Gasteiger partial charge in [0, 0.05) is 17.8 Å². The normalized spacial score (nSPS) is 10.5. The molecule has 3 rings (SSSR count). The summed E-state index contributed by atoms with van der Waals surface area (Å²) in [5, 5.41) is 17.8. The molecule has 1 aromatic heterocycles. The maximum Gasteiger partial charge on any atom is 0.234 e.